The van der Waals surface area contributed by atoms with Crippen LogP contribution in [0.1, 0.15) is 54.4 Å². The van der Waals surface area contributed by atoms with E-state index >= 15 is 0 Å². The minimum Gasteiger partial charge on any atom is -0.460 e. The van der Waals surface area contributed by atoms with Crippen molar-refractivity contribution in [2.45, 2.75) is 63.6 Å². The van der Waals surface area contributed by atoms with E-state index in [0.29, 0.717) is 12.5 Å². The number of carbonyl (C=O) groups excluding carboxylic acids is 2. The lowest BCUT2D eigenvalue weighted by Gasteiger charge is -2.30. The van der Waals surface area contributed by atoms with E-state index in [4.69, 9.17) is 9.94 Å². The van der Waals surface area contributed by atoms with Crippen molar-refractivity contribution in [1.29, 1.82) is 0 Å². The predicted molar refractivity (Wildman–Crippen MR) is 126 cm³/mol. The summed E-state index contributed by atoms with van der Waals surface area (Å²) in [5, 5.41) is 12.1. The van der Waals surface area contributed by atoms with Crippen molar-refractivity contribution in [3.8, 4) is 0 Å². The maximum absolute atomic E-state index is 13.3. The molecule has 3 N–H and O–H groups in total. The number of fused-ring (bicyclic) bond motifs is 1. The number of ether oxygens (including phenoxy) is 1. The summed E-state index contributed by atoms with van der Waals surface area (Å²) < 4.78 is 6.01. The van der Waals surface area contributed by atoms with Crippen LogP contribution in [0.3, 0.4) is 0 Å². The standard InChI is InChI=1S/C27H32N2O4/c30-25(29-32)15-14-19-10-12-20(13-11-19)18-28-26(21-6-2-1-3-7-21)27(31)33-24-16-22-8-4-5-9-23(22)17-24/h4-5,8-15,21,24,26,28,32H,1-3,6-7,16-18H2,(H,29,30)/t26-/m0/s1. The summed E-state index contributed by atoms with van der Waals surface area (Å²) in [6.45, 7) is 0.572. The van der Waals surface area contributed by atoms with Gasteiger partial charge in [-0.3, -0.25) is 14.8 Å². The SMILES string of the molecule is O=C(C=Cc1ccc(CN[C@H](C(=O)OC2Cc3ccccc3C2)C2CCCCC2)cc1)NO. The van der Waals surface area contributed by atoms with Crippen LogP contribution in [0.5, 0.6) is 0 Å². The molecular formula is C27H32N2O4. The van der Waals surface area contributed by atoms with Crippen LogP contribution in [0.2, 0.25) is 0 Å². The molecule has 1 fully saturated rings. The fourth-order valence-corrected chi connectivity index (χ4v) is 4.93. The van der Waals surface area contributed by atoms with E-state index in [1.54, 1.807) is 11.6 Å². The molecule has 0 bridgehead atoms. The third kappa shape index (κ3) is 6.30. The van der Waals surface area contributed by atoms with E-state index in [2.05, 4.69) is 17.4 Å². The lowest BCUT2D eigenvalue weighted by Crippen LogP contribution is -2.45. The van der Waals surface area contributed by atoms with Gasteiger partial charge >= 0.3 is 5.97 Å². The van der Waals surface area contributed by atoms with Crippen LogP contribution in [-0.2, 0) is 33.7 Å². The Hall–Kier alpha value is -2.96. The number of hydrogen-bond donors (Lipinski definition) is 3. The molecule has 1 saturated carbocycles. The second kappa shape index (κ2) is 11.3. The highest BCUT2D eigenvalue weighted by atomic mass is 16.5. The van der Waals surface area contributed by atoms with Crippen LogP contribution in [0.25, 0.3) is 6.08 Å². The van der Waals surface area contributed by atoms with E-state index in [0.717, 1.165) is 49.7 Å². The van der Waals surface area contributed by atoms with Gasteiger partial charge in [-0.1, -0.05) is 67.8 Å². The Kier molecular flexibility index (Phi) is 7.92. The number of hydrogen-bond acceptors (Lipinski definition) is 5. The van der Waals surface area contributed by atoms with Crippen molar-refractivity contribution in [3.05, 3.63) is 76.9 Å². The summed E-state index contributed by atoms with van der Waals surface area (Å²) in [6.07, 6.45) is 10.1. The first-order chi connectivity index (χ1) is 16.1. The van der Waals surface area contributed by atoms with Gasteiger partial charge in [0.2, 0.25) is 0 Å². The quantitative estimate of drug-likeness (QED) is 0.246. The first kappa shape index (κ1) is 23.2. The zero-order valence-corrected chi connectivity index (χ0v) is 18.8. The van der Waals surface area contributed by atoms with Crippen molar-refractivity contribution < 1.29 is 19.5 Å². The van der Waals surface area contributed by atoms with Gasteiger partial charge in [-0.05, 0) is 47.1 Å². The third-order valence-corrected chi connectivity index (χ3v) is 6.71. The van der Waals surface area contributed by atoms with Crippen LogP contribution < -0.4 is 10.8 Å². The molecule has 6 heteroatoms. The minimum atomic E-state index is -0.570. The van der Waals surface area contributed by atoms with Crippen LogP contribution in [0.4, 0.5) is 0 Å². The molecule has 174 valence electrons. The Morgan fingerprint density at radius 2 is 1.67 bits per heavy atom. The number of benzene rings is 2. The van der Waals surface area contributed by atoms with Crippen molar-refractivity contribution in [1.82, 2.24) is 10.8 Å². The molecule has 2 aliphatic carbocycles. The van der Waals surface area contributed by atoms with Gasteiger partial charge in [0.15, 0.2) is 0 Å². The molecule has 4 rings (SSSR count). The first-order valence-electron chi connectivity index (χ1n) is 11.8. The van der Waals surface area contributed by atoms with Crippen LogP contribution >= 0.6 is 0 Å². The Morgan fingerprint density at radius 3 is 2.30 bits per heavy atom. The fraction of sp³-hybridized carbons (Fsp3) is 0.407. The van der Waals surface area contributed by atoms with E-state index in [-0.39, 0.29) is 18.1 Å². The molecular weight excluding hydrogens is 416 g/mol. The number of nitrogens with one attached hydrogen (secondary N) is 2. The summed E-state index contributed by atoms with van der Waals surface area (Å²) in [4.78, 5) is 24.4. The van der Waals surface area contributed by atoms with E-state index in [1.807, 2.05) is 36.4 Å². The van der Waals surface area contributed by atoms with Gasteiger partial charge in [0.1, 0.15) is 12.1 Å². The molecule has 1 atom stereocenters. The van der Waals surface area contributed by atoms with Crippen molar-refractivity contribution >= 4 is 18.0 Å². The molecule has 0 saturated heterocycles. The van der Waals surface area contributed by atoms with Crippen LogP contribution in [0.15, 0.2) is 54.6 Å². The summed E-state index contributed by atoms with van der Waals surface area (Å²) in [5.74, 6) is -0.400. The molecule has 33 heavy (non-hydrogen) atoms. The third-order valence-electron chi connectivity index (χ3n) is 6.71. The topological polar surface area (TPSA) is 87.7 Å². The smallest absolute Gasteiger partial charge is 0.323 e. The van der Waals surface area contributed by atoms with Gasteiger partial charge in [-0.15, -0.1) is 0 Å². The monoisotopic (exact) mass is 448 g/mol. The molecule has 2 aromatic carbocycles. The molecule has 2 aliphatic rings. The molecule has 1 amide bonds. The molecule has 0 aromatic heterocycles. The number of carbonyl (C=O) groups is 2. The zero-order valence-electron chi connectivity index (χ0n) is 18.8. The molecule has 6 nitrogen and oxygen atoms in total. The largest absolute Gasteiger partial charge is 0.460 e. The van der Waals surface area contributed by atoms with Crippen molar-refractivity contribution in [2.24, 2.45) is 5.92 Å². The van der Waals surface area contributed by atoms with Gasteiger partial charge in [-0.2, -0.15) is 0 Å². The highest BCUT2D eigenvalue weighted by Gasteiger charge is 2.33. The Morgan fingerprint density at radius 1 is 1.00 bits per heavy atom. The van der Waals surface area contributed by atoms with Crippen molar-refractivity contribution in [3.63, 3.8) is 0 Å². The number of hydroxylamine groups is 1. The summed E-state index contributed by atoms with van der Waals surface area (Å²) in [6, 6.07) is 15.8. The second-order valence-corrected chi connectivity index (χ2v) is 9.04. The lowest BCUT2D eigenvalue weighted by atomic mass is 9.83. The fourth-order valence-electron chi connectivity index (χ4n) is 4.93. The lowest BCUT2D eigenvalue weighted by molar-refractivity contribution is -0.153. The summed E-state index contributed by atoms with van der Waals surface area (Å²) in [5.41, 5.74) is 6.04. The average molecular weight is 449 g/mol. The maximum atomic E-state index is 13.3. The summed E-state index contributed by atoms with van der Waals surface area (Å²) >= 11 is 0. The summed E-state index contributed by atoms with van der Waals surface area (Å²) in [7, 11) is 0. The van der Waals surface area contributed by atoms with E-state index < -0.39 is 5.91 Å². The van der Waals surface area contributed by atoms with Gasteiger partial charge in [-0.25, -0.2) is 5.48 Å². The number of amides is 1. The molecule has 0 radical (unpaired) electrons. The van der Waals surface area contributed by atoms with Gasteiger partial charge in [0, 0.05) is 25.5 Å². The Balaban J connectivity index is 1.37. The molecule has 0 heterocycles. The first-order valence-corrected chi connectivity index (χ1v) is 11.8. The Labute approximate surface area is 195 Å². The number of rotatable bonds is 8. The van der Waals surface area contributed by atoms with E-state index in [1.165, 1.54) is 23.6 Å². The molecule has 2 aromatic rings. The minimum absolute atomic E-state index is 0.0787. The highest BCUT2D eigenvalue weighted by molar-refractivity contribution is 5.90. The molecule has 0 spiro atoms. The highest BCUT2D eigenvalue weighted by Crippen LogP contribution is 2.29. The average Bonchev–Trinajstić information content (AvgIpc) is 3.26. The van der Waals surface area contributed by atoms with Gasteiger partial charge < -0.3 is 10.1 Å². The maximum Gasteiger partial charge on any atom is 0.323 e. The van der Waals surface area contributed by atoms with Gasteiger partial charge in [0.25, 0.3) is 5.91 Å². The van der Waals surface area contributed by atoms with Crippen molar-refractivity contribution in [2.75, 3.05) is 0 Å². The Bertz CT molecular complexity index is 955. The van der Waals surface area contributed by atoms with Crippen LogP contribution in [-0.4, -0.2) is 29.2 Å². The normalized spacial score (nSPS) is 17.6. The number of esters is 1. The zero-order chi connectivity index (χ0) is 23.0. The predicted octanol–water partition coefficient (Wildman–Crippen LogP) is 3.95. The molecule has 0 unspecified atom stereocenters. The van der Waals surface area contributed by atoms with Crippen LogP contribution in [0, 0.1) is 5.92 Å². The van der Waals surface area contributed by atoms with E-state index in [9.17, 15) is 9.59 Å². The van der Waals surface area contributed by atoms with Gasteiger partial charge in [0.05, 0.1) is 0 Å². The second-order valence-electron chi connectivity index (χ2n) is 9.04. The molecule has 0 aliphatic heterocycles.